The maximum Gasteiger partial charge on any atom is 0.335 e. The van der Waals surface area contributed by atoms with Gasteiger partial charge in [-0.25, -0.2) is 24.7 Å². The molecule has 5 aromatic carbocycles. The van der Waals surface area contributed by atoms with Gasteiger partial charge in [0.1, 0.15) is 41.6 Å². The number of carbonyl (C=O) groups excluding carboxylic acids is 6. The van der Waals surface area contributed by atoms with E-state index in [0.29, 0.717) is 119 Å². The van der Waals surface area contributed by atoms with Crippen LogP contribution in [-0.2, 0) is 35.3 Å². The molecule has 456 valence electrons. The molecule has 24 heteroatoms. The van der Waals surface area contributed by atoms with Crippen LogP contribution in [0.5, 0.6) is 5.75 Å². The molecule has 2 aromatic heterocycles. The minimum absolute atomic E-state index is 0.0440. The van der Waals surface area contributed by atoms with Crippen LogP contribution in [0.4, 0.5) is 5.69 Å². The summed E-state index contributed by atoms with van der Waals surface area (Å²) in [6, 6.07) is 27.0. The van der Waals surface area contributed by atoms with Crippen molar-refractivity contribution >= 4 is 91.2 Å². The highest BCUT2D eigenvalue weighted by Crippen LogP contribution is 2.33. The van der Waals surface area contributed by atoms with Gasteiger partial charge in [0.05, 0.1) is 76.6 Å². The maximum absolute atomic E-state index is 14.1. The fourth-order valence-corrected chi connectivity index (χ4v) is 10.8. The summed E-state index contributed by atoms with van der Waals surface area (Å²) in [7, 11) is 3.99. The number of aliphatic hydroxyl groups excluding tert-OH is 3. The van der Waals surface area contributed by atoms with Crippen molar-refractivity contribution in [2.75, 3.05) is 71.8 Å². The number of aliphatic hydroxyl groups is 3. The fourth-order valence-electron chi connectivity index (χ4n) is 10.8. The van der Waals surface area contributed by atoms with E-state index in [-0.39, 0.29) is 73.4 Å². The number of unbranched alkanes of at least 4 members (excludes halogenated alkanes) is 2. The van der Waals surface area contributed by atoms with E-state index in [1.807, 2.05) is 76.5 Å². The molecule has 87 heavy (non-hydrogen) atoms. The van der Waals surface area contributed by atoms with Gasteiger partial charge in [0.2, 0.25) is 18.1 Å². The lowest BCUT2D eigenvalue weighted by Gasteiger charge is -2.38. The van der Waals surface area contributed by atoms with Crippen molar-refractivity contribution in [3.63, 3.8) is 0 Å². The van der Waals surface area contributed by atoms with E-state index in [1.165, 1.54) is 18.2 Å². The van der Waals surface area contributed by atoms with Crippen LogP contribution in [0.15, 0.2) is 103 Å². The summed E-state index contributed by atoms with van der Waals surface area (Å²) in [6.45, 7) is 7.14. The molecule has 1 unspecified atom stereocenters. The molecule has 6 amide bonds. The number of hydrogen-bond acceptors (Lipinski definition) is 17. The largest absolute Gasteiger partial charge is 0.479 e. The number of ether oxygens (including phenoxy) is 2. The van der Waals surface area contributed by atoms with E-state index in [9.17, 15) is 54.0 Å². The Bertz CT molecular complexity index is 3770. The molecule has 7 aromatic rings. The summed E-state index contributed by atoms with van der Waals surface area (Å²) in [6.07, 6.45) is -4.97. The van der Waals surface area contributed by atoms with Crippen molar-refractivity contribution in [1.29, 1.82) is 0 Å². The van der Waals surface area contributed by atoms with E-state index < -0.39 is 42.6 Å². The van der Waals surface area contributed by atoms with Gasteiger partial charge in [-0.15, -0.1) is 0 Å². The van der Waals surface area contributed by atoms with Gasteiger partial charge in [-0.2, -0.15) is 0 Å². The van der Waals surface area contributed by atoms with E-state index >= 15 is 0 Å². The Labute approximate surface area is 501 Å². The van der Waals surface area contributed by atoms with Gasteiger partial charge in [-0.1, -0.05) is 42.8 Å². The molecule has 9 rings (SSSR count). The van der Waals surface area contributed by atoms with Crippen LogP contribution in [0.3, 0.4) is 0 Å². The Kier molecular flexibility index (Phi) is 20.2. The van der Waals surface area contributed by atoms with Gasteiger partial charge in [0.15, 0.2) is 6.10 Å². The van der Waals surface area contributed by atoms with Crippen molar-refractivity contribution in [1.82, 2.24) is 45.7 Å². The average molecular weight is 1190 g/mol. The first-order valence-electron chi connectivity index (χ1n) is 29.0. The first-order chi connectivity index (χ1) is 41.7. The molecule has 2 aliphatic heterocycles. The molecule has 0 bridgehead atoms. The summed E-state index contributed by atoms with van der Waals surface area (Å²) < 4.78 is 11.8. The Balaban J connectivity index is 0.886. The number of carboxylic acids is 1. The molecule has 2 aliphatic rings. The van der Waals surface area contributed by atoms with Gasteiger partial charge in [-0.3, -0.25) is 33.7 Å². The molecule has 0 spiro atoms. The van der Waals surface area contributed by atoms with Crippen molar-refractivity contribution in [3.8, 4) is 5.75 Å². The van der Waals surface area contributed by atoms with Gasteiger partial charge in [0, 0.05) is 69.7 Å². The van der Waals surface area contributed by atoms with Crippen molar-refractivity contribution in [2.45, 2.75) is 89.6 Å². The molecule has 4 heterocycles. The number of carbonyl (C=O) groups is 7. The normalized spacial score (nSPS) is 18.3. The van der Waals surface area contributed by atoms with Crippen LogP contribution in [0, 0.1) is 13.8 Å². The summed E-state index contributed by atoms with van der Waals surface area (Å²) in [4.78, 5) is 112. The number of benzene rings is 5. The lowest BCUT2D eigenvalue weighted by Crippen LogP contribution is -2.61. The number of aliphatic carboxylic acids is 1. The van der Waals surface area contributed by atoms with Crippen LogP contribution >= 0.6 is 0 Å². The number of nitrogens with one attached hydrogen (secondary N) is 4. The van der Waals surface area contributed by atoms with E-state index in [4.69, 9.17) is 29.4 Å². The fraction of sp³-hybridized carbons (Fsp3) is 0.381. The zero-order valence-electron chi connectivity index (χ0n) is 48.9. The predicted octanol–water partition coefficient (Wildman–Crippen LogP) is 3.83. The maximum atomic E-state index is 14.1. The number of amides is 6. The highest BCUT2D eigenvalue weighted by Gasteiger charge is 2.48. The number of quaternary nitrogens is 1. The molecule has 1 saturated heterocycles. The lowest BCUT2D eigenvalue weighted by atomic mass is 9.99. The lowest BCUT2D eigenvalue weighted by molar-refractivity contribution is -0.921. The summed E-state index contributed by atoms with van der Waals surface area (Å²) in [5.74, 6) is -3.89. The Morgan fingerprint density at radius 2 is 1.22 bits per heavy atom. The minimum Gasteiger partial charge on any atom is -0.479 e. The Morgan fingerprint density at radius 1 is 0.632 bits per heavy atom. The predicted molar refractivity (Wildman–Crippen MR) is 322 cm³/mol. The molecule has 1 fully saturated rings. The number of imide groups is 1. The number of likely N-dealkylation sites (N-methyl/N-ethyl adjacent to an activating group) is 2. The SMILES string of the molecule is Cc1cccc2nc3cccc(C(=O)NCCN(C)CCC[N+](C)(CCNC(=O)c4cccc5nc6cccc(C)c6nc45)Cc4ccc(O[C@@H]5O[C@H](C(=O)O)[C@@H](O)[C@H](O)[C@H]5O)c(NC(=O)CCNC(=O)CCCCCN5C(=O)C=CC5=O)c4)c3nc12. The number of rotatable bonds is 27. The van der Waals surface area contributed by atoms with Gasteiger partial charge < -0.3 is 60.5 Å². The van der Waals surface area contributed by atoms with Gasteiger partial charge >= 0.3 is 5.97 Å². The van der Waals surface area contributed by atoms with Crippen LogP contribution in [0.2, 0.25) is 0 Å². The third kappa shape index (κ3) is 15.4. The van der Waals surface area contributed by atoms with Crippen molar-refractivity contribution in [3.05, 3.63) is 131 Å². The smallest absolute Gasteiger partial charge is 0.335 e. The zero-order valence-corrected chi connectivity index (χ0v) is 48.9. The van der Waals surface area contributed by atoms with Gasteiger partial charge in [0.25, 0.3) is 23.6 Å². The van der Waals surface area contributed by atoms with Gasteiger partial charge in [-0.05, 0) is 99.5 Å². The van der Waals surface area contributed by atoms with E-state index in [0.717, 1.165) is 27.1 Å². The summed E-state index contributed by atoms with van der Waals surface area (Å²) in [5.41, 5.74) is 8.50. The third-order valence-corrected chi connectivity index (χ3v) is 15.6. The second-order valence-corrected chi connectivity index (χ2v) is 22.4. The highest BCUT2D eigenvalue weighted by molar-refractivity contribution is 6.13. The molecule has 0 radical (unpaired) electrons. The standard InChI is InChI=1S/C63H71N11O13/c1-37-13-8-17-42-52(37)70-54-40(15-10-19-44(54)67-42)60(82)65-28-32-72(3)30-12-33-74(4,34-29-66-61(83)41-16-11-20-45-55(41)71-53-38(2)14-9-18-43(53)68-45)36-39-22-23-47(86-63-58(81)56(79)57(80)59(87-63)62(84)85)46(35-39)69-49(76)26-27-64-48(75)21-6-5-7-31-73-50(77)24-25-51(73)78/h8-11,13-20,22-25,35,56-59,63,79-81H,5-7,12,21,26-34,36H2,1-4H3,(H4-,64,65,66,69,75,76,82,83,84,85)/p+1/t56-,57-,58+,59-,63+,74?/m0/s1. The van der Waals surface area contributed by atoms with Crippen LogP contribution < -0.4 is 26.0 Å². The van der Waals surface area contributed by atoms with E-state index in [1.54, 1.807) is 36.4 Å². The molecule has 0 saturated carbocycles. The summed E-state index contributed by atoms with van der Waals surface area (Å²) >= 11 is 0. The third-order valence-electron chi connectivity index (χ3n) is 15.6. The Morgan fingerprint density at radius 3 is 1.83 bits per heavy atom. The van der Waals surface area contributed by atoms with Crippen LogP contribution in [0.1, 0.15) is 75.9 Å². The van der Waals surface area contributed by atoms with Crippen molar-refractivity contribution < 1.29 is 67.9 Å². The number of aryl methyl sites for hydroxylation is 2. The monoisotopic (exact) mass is 1190 g/mol. The number of para-hydroxylation sites is 4. The number of carboxylic acid groups (broad SMARTS) is 1. The highest BCUT2D eigenvalue weighted by atomic mass is 16.7. The molecular formula is C63H72N11O13+. The number of anilines is 1. The first-order valence-corrected chi connectivity index (χ1v) is 29.0. The molecule has 24 nitrogen and oxygen atoms in total. The molecule has 8 N–H and O–H groups in total. The topological polar surface area (TPSA) is 325 Å². The number of nitrogens with zero attached hydrogens (tertiary/aromatic N) is 7. The van der Waals surface area contributed by atoms with Crippen LogP contribution in [-0.4, -0.2) is 193 Å². The first kappa shape index (κ1) is 62.6. The average Bonchev–Trinajstić information content (AvgIpc) is 1.66. The summed E-state index contributed by atoms with van der Waals surface area (Å²) in [5, 5.41) is 53.4. The molecule has 0 aliphatic carbocycles. The zero-order chi connectivity index (χ0) is 61.9. The second kappa shape index (κ2) is 28.1. The number of aromatic nitrogens is 4. The van der Waals surface area contributed by atoms with Crippen LogP contribution in [0.25, 0.3) is 44.1 Å². The Hall–Kier alpha value is -8.91. The van der Waals surface area contributed by atoms with Crippen molar-refractivity contribution in [2.24, 2.45) is 0 Å². The second-order valence-electron chi connectivity index (χ2n) is 22.4. The quantitative estimate of drug-likeness (QED) is 0.0157. The number of fused-ring (bicyclic) bond motifs is 4. The number of hydrogen-bond donors (Lipinski definition) is 8. The van der Waals surface area contributed by atoms with E-state index in [2.05, 4.69) is 26.2 Å². The molecular weight excluding hydrogens is 1120 g/mol. The minimum atomic E-state index is -1.98. The molecule has 6 atom stereocenters.